The second-order valence-electron chi connectivity index (χ2n) is 3.74. The summed E-state index contributed by atoms with van der Waals surface area (Å²) in [5.74, 6) is 0. The number of hydrogen-bond acceptors (Lipinski definition) is 4. The summed E-state index contributed by atoms with van der Waals surface area (Å²) in [5.41, 5.74) is 0. The van der Waals surface area contributed by atoms with Crippen molar-refractivity contribution in [2.45, 2.75) is 0 Å². The van der Waals surface area contributed by atoms with E-state index >= 15 is 0 Å². The van der Waals surface area contributed by atoms with Crippen LogP contribution in [0.5, 0.6) is 0 Å². The normalized spacial score (nSPS) is 15.1. The molecule has 0 atom stereocenters. The topological polar surface area (TPSA) is 13.0 Å². The van der Waals surface area contributed by atoms with Crippen molar-refractivity contribution < 1.29 is 0 Å². The van der Waals surface area contributed by atoms with Crippen molar-refractivity contribution in [2.24, 2.45) is 0 Å². The fraction of sp³-hybridized carbons (Fsp3) is 1.00. The van der Waals surface area contributed by atoms with Crippen molar-refractivity contribution in [2.75, 3.05) is 56.4 Å². The van der Waals surface area contributed by atoms with Gasteiger partial charge in [-0.05, 0) is 0 Å². The van der Waals surface area contributed by atoms with Crippen LogP contribution in [-0.4, -0.2) is 88.2 Å². The van der Waals surface area contributed by atoms with Gasteiger partial charge in [-0.25, -0.2) is 0 Å². The Balaban J connectivity index is 5.06. The molecule has 0 aromatic heterocycles. The maximum atomic E-state index is 2.38. The molecule has 0 bridgehead atoms. The van der Waals surface area contributed by atoms with Crippen LogP contribution in [-0.2, 0) is 0 Å². The van der Waals surface area contributed by atoms with Gasteiger partial charge in [0.15, 0.2) is 0 Å². The Morgan fingerprint density at radius 3 is 0.615 bits per heavy atom. The van der Waals surface area contributed by atoms with E-state index in [1.165, 1.54) is 0 Å². The van der Waals surface area contributed by atoms with Gasteiger partial charge in [0.05, 0.1) is 0 Å². The zero-order chi connectivity index (χ0) is 10.8. The second-order valence-corrected chi connectivity index (χ2v) is 14.9. The molecule has 0 heterocycles. The minimum atomic E-state index is -2.36. The molecular weight excluding hydrogens is 280 g/mol. The summed E-state index contributed by atoms with van der Waals surface area (Å²) in [6, 6.07) is 0. The van der Waals surface area contributed by atoms with Gasteiger partial charge in [0.25, 0.3) is 0 Å². The number of rotatable bonds is 4. The predicted octanol–water partition coefficient (Wildman–Crippen LogP) is -0.332. The van der Waals surface area contributed by atoms with Crippen LogP contribution in [0.25, 0.3) is 0 Å². The molecule has 0 aliphatic rings. The molecule has 5 heteroatoms. The first kappa shape index (κ1) is 13.6. The van der Waals surface area contributed by atoms with E-state index in [1.54, 1.807) is 0 Å². The standard InChI is InChI=1S/C8H24N4Te/c1-9(2)13(10(3)4,11(5)6)12(7)8/h1-8H3. The third-order valence-corrected chi connectivity index (χ3v) is 13.1. The van der Waals surface area contributed by atoms with Crippen molar-refractivity contribution in [3.05, 3.63) is 0 Å². The van der Waals surface area contributed by atoms with Crippen LogP contribution >= 0.6 is 0 Å². The Labute approximate surface area is 88.3 Å². The molecule has 0 saturated carbocycles. The van der Waals surface area contributed by atoms with Crippen LogP contribution in [0.15, 0.2) is 0 Å². The summed E-state index contributed by atoms with van der Waals surface area (Å²) >= 11 is -2.36. The molecule has 0 aromatic rings. The van der Waals surface area contributed by atoms with E-state index in [0.29, 0.717) is 0 Å². The van der Waals surface area contributed by atoms with E-state index in [4.69, 9.17) is 0 Å². The first-order valence-electron chi connectivity index (χ1n) is 4.31. The fourth-order valence-corrected chi connectivity index (χ4v) is 13.1. The summed E-state index contributed by atoms with van der Waals surface area (Å²) in [6.07, 6.45) is 0. The van der Waals surface area contributed by atoms with Gasteiger partial charge in [0.1, 0.15) is 0 Å². The molecule has 4 nitrogen and oxygen atoms in total. The van der Waals surface area contributed by atoms with Crippen molar-refractivity contribution in [3.8, 4) is 0 Å². The first-order valence-corrected chi connectivity index (χ1v) is 8.48. The average molecular weight is 304 g/mol. The first-order chi connectivity index (χ1) is 5.77. The SMILES string of the molecule is CN(C)[Te](N(C)C)(N(C)C)N(C)C. The predicted molar refractivity (Wildman–Crippen MR) is 60.5 cm³/mol. The Bertz CT molecular complexity index is 119. The molecule has 0 amide bonds. The second kappa shape index (κ2) is 4.92. The third kappa shape index (κ3) is 2.35. The molecule has 0 N–H and O–H groups in total. The molecule has 0 rings (SSSR count). The van der Waals surface area contributed by atoms with Crippen LogP contribution in [0.1, 0.15) is 0 Å². The van der Waals surface area contributed by atoms with E-state index in [0.717, 1.165) is 0 Å². The van der Waals surface area contributed by atoms with Gasteiger partial charge in [0.2, 0.25) is 0 Å². The van der Waals surface area contributed by atoms with Gasteiger partial charge >= 0.3 is 88.2 Å². The van der Waals surface area contributed by atoms with Crippen LogP contribution in [0.3, 0.4) is 0 Å². The van der Waals surface area contributed by atoms with Crippen molar-refractivity contribution in [1.82, 2.24) is 12.6 Å². The number of nitrogens with zero attached hydrogens (tertiary/aromatic N) is 4. The molecular formula is C8H24N4Te. The van der Waals surface area contributed by atoms with Gasteiger partial charge in [-0.1, -0.05) is 0 Å². The van der Waals surface area contributed by atoms with Gasteiger partial charge in [-0.3, -0.25) is 0 Å². The average Bonchev–Trinajstić information content (AvgIpc) is 1.82. The molecule has 0 spiro atoms. The van der Waals surface area contributed by atoms with Crippen molar-refractivity contribution in [3.63, 3.8) is 0 Å². The summed E-state index contributed by atoms with van der Waals surface area (Å²) in [5, 5.41) is 0. The van der Waals surface area contributed by atoms with Crippen LogP contribution in [0, 0.1) is 0 Å². The fourth-order valence-electron chi connectivity index (χ4n) is 1.96. The monoisotopic (exact) mass is 306 g/mol. The van der Waals surface area contributed by atoms with Crippen LogP contribution < -0.4 is 0 Å². The quantitative estimate of drug-likeness (QED) is 0.659. The molecule has 0 aliphatic heterocycles. The molecule has 0 unspecified atom stereocenters. The van der Waals surface area contributed by atoms with E-state index in [9.17, 15) is 0 Å². The Morgan fingerprint density at radius 2 is 0.615 bits per heavy atom. The molecule has 13 heavy (non-hydrogen) atoms. The Hall–Kier alpha value is 0.630. The maximum absolute atomic E-state index is 2.38. The van der Waals surface area contributed by atoms with Crippen LogP contribution in [0.2, 0.25) is 0 Å². The van der Waals surface area contributed by atoms with Gasteiger partial charge in [0, 0.05) is 0 Å². The van der Waals surface area contributed by atoms with Crippen LogP contribution in [0.4, 0.5) is 0 Å². The van der Waals surface area contributed by atoms with Gasteiger partial charge < -0.3 is 0 Å². The Kier molecular flexibility index (Phi) is 5.16. The zero-order valence-corrected chi connectivity index (χ0v) is 12.5. The molecule has 0 radical (unpaired) electrons. The molecule has 82 valence electrons. The summed E-state index contributed by atoms with van der Waals surface area (Å²) in [7, 11) is 17.3. The third-order valence-electron chi connectivity index (χ3n) is 1.96. The zero-order valence-electron chi connectivity index (χ0n) is 10.2. The van der Waals surface area contributed by atoms with E-state index in [1.807, 2.05) is 0 Å². The van der Waals surface area contributed by atoms with E-state index in [-0.39, 0.29) is 0 Å². The summed E-state index contributed by atoms with van der Waals surface area (Å²) in [4.78, 5) is 0. The van der Waals surface area contributed by atoms with Gasteiger partial charge in [-0.15, -0.1) is 0 Å². The summed E-state index contributed by atoms with van der Waals surface area (Å²) < 4.78 is 9.51. The number of hydrogen-bond donors (Lipinski definition) is 0. The van der Waals surface area contributed by atoms with Gasteiger partial charge in [-0.2, -0.15) is 0 Å². The Morgan fingerprint density at radius 1 is 0.462 bits per heavy atom. The molecule has 0 fully saturated rings. The molecule has 0 aliphatic carbocycles. The van der Waals surface area contributed by atoms with E-state index in [2.05, 4.69) is 69.0 Å². The summed E-state index contributed by atoms with van der Waals surface area (Å²) in [6.45, 7) is 0. The molecule has 0 saturated heterocycles. The van der Waals surface area contributed by atoms with Crippen molar-refractivity contribution in [1.29, 1.82) is 0 Å². The minimum absolute atomic E-state index is 2.17. The molecule has 0 aromatic carbocycles. The van der Waals surface area contributed by atoms with Crippen molar-refractivity contribution >= 4 is 19.3 Å². The van der Waals surface area contributed by atoms with E-state index < -0.39 is 19.3 Å².